The van der Waals surface area contributed by atoms with E-state index < -0.39 is 6.10 Å². The molecule has 1 rings (SSSR count). The minimum atomic E-state index is -0.650. The number of carbonyl (C=O) groups is 1. The molecule has 84 valence electrons. The largest absolute Gasteiger partial charge is 0.466 e. The van der Waals surface area contributed by atoms with E-state index >= 15 is 0 Å². The van der Waals surface area contributed by atoms with Crippen LogP contribution in [0.1, 0.15) is 31.4 Å². The zero-order chi connectivity index (χ0) is 11.3. The second-order valence-electron chi connectivity index (χ2n) is 3.31. The van der Waals surface area contributed by atoms with E-state index in [1.54, 1.807) is 31.0 Å². The molecule has 0 aromatic carbocycles. The first-order chi connectivity index (χ1) is 7.13. The van der Waals surface area contributed by atoms with Gasteiger partial charge in [-0.05, 0) is 13.3 Å². The molecule has 1 aromatic rings. The summed E-state index contributed by atoms with van der Waals surface area (Å²) in [5, 5.41) is 13.6. The Kier molecular flexibility index (Phi) is 4.30. The van der Waals surface area contributed by atoms with Crippen LogP contribution in [0.25, 0.3) is 0 Å². The van der Waals surface area contributed by atoms with E-state index in [9.17, 15) is 9.90 Å². The van der Waals surface area contributed by atoms with Crippen LogP contribution in [0.15, 0.2) is 12.4 Å². The standard InChI is InChI=1S/C10H16N2O3/c1-3-15-10(14)5-4-9(13)8-6-11-12(2)7-8/h6-7,9,13H,3-5H2,1-2H3. The molecule has 0 amide bonds. The maximum absolute atomic E-state index is 11.0. The second kappa shape index (κ2) is 5.50. The van der Waals surface area contributed by atoms with Gasteiger partial charge in [0.15, 0.2) is 0 Å². The Bertz CT molecular complexity index is 322. The molecule has 0 saturated heterocycles. The van der Waals surface area contributed by atoms with Gasteiger partial charge in [0.2, 0.25) is 0 Å². The van der Waals surface area contributed by atoms with Crippen LogP contribution in [-0.2, 0) is 16.6 Å². The summed E-state index contributed by atoms with van der Waals surface area (Å²) in [7, 11) is 1.78. The Morgan fingerprint density at radius 3 is 3.00 bits per heavy atom. The van der Waals surface area contributed by atoms with Gasteiger partial charge >= 0.3 is 5.97 Å². The third-order valence-corrected chi connectivity index (χ3v) is 2.04. The predicted octanol–water partition coefficient (Wildman–Crippen LogP) is 0.797. The van der Waals surface area contributed by atoms with E-state index in [4.69, 9.17) is 4.74 Å². The Morgan fingerprint density at radius 1 is 1.73 bits per heavy atom. The lowest BCUT2D eigenvalue weighted by Crippen LogP contribution is -2.06. The molecule has 1 heterocycles. The van der Waals surface area contributed by atoms with Crippen molar-refractivity contribution in [1.29, 1.82) is 0 Å². The number of hydrogen-bond acceptors (Lipinski definition) is 4. The highest BCUT2D eigenvalue weighted by Crippen LogP contribution is 2.17. The van der Waals surface area contributed by atoms with Gasteiger partial charge in [0.1, 0.15) is 0 Å². The summed E-state index contributed by atoms with van der Waals surface area (Å²) >= 11 is 0. The molecule has 0 aliphatic heterocycles. The molecule has 1 N–H and O–H groups in total. The number of aliphatic hydroxyl groups excluding tert-OH is 1. The molecule has 1 unspecified atom stereocenters. The lowest BCUT2D eigenvalue weighted by Gasteiger charge is -2.07. The molecule has 0 bridgehead atoms. The quantitative estimate of drug-likeness (QED) is 0.733. The summed E-state index contributed by atoms with van der Waals surface area (Å²) in [6.45, 7) is 2.14. The zero-order valence-electron chi connectivity index (χ0n) is 9.01. The molecule has 1 aromatic heterocycles. The van der Waals surface area contributed by atoms with Gasteiger partial charge in [-0.1, -0.05) is 0 Å². The van der Waals surface area contributed by atoms with Crippen LogP contribution in [0.3, 0.4) is 0 Å². The van der Waals surface area contributed by atoms with E-state index in [1.807, 2.05) is 0 Å². The van der Waals surface area contributed by atoms with Gasteiger partial charge < -0.3 is 9.84 Å². The average molecular weight is 212 g/mol. The molecule has 1 atom stereocenters. The molecule has 5 nitrogen and oxygen atoms in total. The maximum Gasteiger partial charge on any atom is 0.305 e. The van der Waals surface area contributed by atoms with E-state index in [2.05, 4.69) is 5.10 Å². The molecule has 0 radical (unpaired) electrons. The number of carbonyl (C=O) groups excluding carboxylic acids is 1. The van der Waals surface area contributed by atoms with Gasteiger partial charge in [0.25, 0.3) is 0 Å². The van der Waals surface area contributed by atoms with Gasteiger partial charge in [-0.2, -0.15) is 5.10 Å². The van der Waals surface area contributed by atoms with Crippen molar-refractivity contribution >= 4 is 5.97 Å². The number of aromatic nitrogens is 2. The lowest BCUT2D eigenvalue weighted by molar-refractivity contribution is -0.143. The summed E-state index contributed by atoms with van der Waals surface area (Å²) < 4.78 is 6.38. The molecule has 0 spiro atoms. The summed E-state index contributed by atoms with van der Waals surface area (Å²) in [4.78, 5) is 11.0. The molecule has 0 aliphatic carbocycles. The van der Waals surface area contributed by atoms with E-state index in [0.29, 0.717) is 13.0 Å². The highest BCUT2D eigenvalue weighted by Gasteiger charge is 2.12. The van der Waals surface area contributed by atoms with Crippen molar-refractivity contribution < 1.29 is 14.6 Å². The fourth-order valence-electron chi connectivity index (χ4n) is 1.27. The fourth-order valence-corrected chi connectivity index (χ4v) is 1.27. The zero-order valence-corrected chi connectivity index (χ0v) is 9.01. The SMILES string of the molecule is CCOC(=O)CCC(O)c1cnn(C)c1. The summed E-state index contributed by atoms with van der Waals surface area (Å²) in [6, 6.07) is 0. The monoisotopic (exact) mass is 212 g/mol. The van der Waals surface area contributed by atoms with Crippen molar-refractivity contribution in [2.45, 2.75) is 25.9 Å². The van der Waals surface area contributed by atoms with Crippen molar-refractivity contribution in [3.8, 4) is 0 Å². The summed E-state index contributed by atoms with van der Waals surface area (Å²) in [5.74, 6) is -0.277. The van der Waals surface area contributed by atoms with Crippen molar-refractivity contribution in [3.05, 3.63) is 18.0 Å². The van der Waals surface area contributed by atoms with Gasteiger partial charge in [0, 0.05) is 25.2 Å². The average Bonchev–Trinajstić information content (AvgIpc) is 2.62. The number of esters is 1. The minimum Gasteiger partial charge on any atom is -0.466 e. The number of aliphatic hydroxyl groups is 1. The van der Waals surface area contributed by atoms with Gasteiger partial charge in [0.05, 0.1) is 18.9 Å². The highest BCUT2D eigenvalue weighted by atomic mass is 16.5. The number of aryl methyl sites for hydroxylation is 1. The molecular formula is C10H16N2O3. The lowest BCUT2D eigenvalue weighted by atomic mass is 10.1. The predicted molar refractivity (Wildman–Crippen MR) is 54.0 cm³/mol. The van der Waals surface area contributed by atoms with Crippen molar-refractivity contribution in [3.63, 3.8) is 0 Å². The third kappa shape index (κ3) is 3.71. The van der Waals surface area contributed by atoms with Gasteiger partial charge in [-0.15, -0.1) is 0 Å². The first-order valence-electron chi connectivity index (χ1n) is 4.95. The second-order valence-corrected chi connectivity index (χ2v) is 3.31. The Hall–Kier alpha value is -1.36. The smallest absolute Gasteiger partial charge is 0.305 e. The molecule has 5 heteroatoms. The highest BCUT2D eigenvalue weighted by molar-refractivity contribution is 5.69. The number of ether oxygens (including phenoxy) is 1. The fraction of sp³-hybridized carbons (Fsp3) is 0.600. The molecule has 0 saturated carbocycles. The van der Waals surface area contributed by atoms with Crippen LogP contribution in [0.5, 0.6) is 0 Å². The van der Waals surface area contributed by atoms with Gasteiger partial charge in [-0.25, -0.2) is 0 Å². The molecule has 0 fully saturated rings. The van der Waals surface area contributed by atoms with Crippen LogP contribution in [0, 0.1) is 0 Å². The Balaban J connectivity index is 2.36. The van der Waals surface area contributed by atoms with Crippen LogP contribution in [0.2, 0.25) is 0 Å². The topological polar surface area (TPSA) is 64.3 Å². The van der Waals surface area contributed by atoms with Crippen molar-refractivity contribution in [2.75, 3.05) is 6.61 Å². The number of nitrogens with zero attached hydrogens (tertiary/aromatic N) is 2. The third-order valence-electron chi connectivity index (χ3n) is 2.04. The van der Waals surface area contributed by atoms with Crippen LogP contribution in [-0.4, -0.2) is 27.5 Å². The van der Waals surface area contributed by atoms with Crippen molar-refractivity contribution in [1.82, 2.24) is 9.78 Å². The van der Waals surface area contributed by atoms with Crippen LogP contribution < -0.4 is 0 Å². The Morgan fingerprint density at radius 2 is 2.47 bits per heavy atom. The Labute approximate surface area is 88.7 Å². The molecular weight excluding hydrogens is 196 g/mol. The number of hydrogen-bond donors (Lipinski definition) is 1. The van der Waals surface area contributed by atoms with E-state index in [0.717, 1.165) is 5.56 Å². The minimum absolute atomic E-state index is 0.226. The van der Waals surface area contributed by atoms with E-state index in [1.165, 1.54) is 0 Å². The first kappa shape index (κ1) is 11.7. The summed E-state index contributed by atoms with van der Waals surface area (Å²) in [6.07, 6.45) is 3.27. The normalized spacial score (nSPS) is 12.5. The molecule has 15 heavy (non-hydrogen) atoms. The first-order valence-corrected chi connectivity index (χ1v) is 4.95. The number of rotatable bonds is 5. The summed E-state index contributed by atoms with van der Waals surface area (Å²) in [5.41, 5.74) is 0.724. The van der Waals surface area contributed by atoms with Crippen LogP contribution in [0.4, 0.5) is 0 Å². The van der Waals surface area contributed by atoms with E-state index in [-0.39, 0.29) is 12.4 Å². The molecule has 0 aliphatic rings. The van der Waals surface area contributed by atoms with Crippen LogP contribution >= 0.6 is 0 Å². The maximum atomic E-state index is 11.0. The van der Waals surface area contributed by atoms with Crippen molar-refractivity contribution in [2.24, 2.45) is 7.05 Å². The van der Waals surface area contributed by atoms with Gasteiger partial charge in [-0.3, -0.25) is 9.48 Å².